The van der Waals surface area contributed by atoms with Crippen LogP contribution >= 0.6 is 15.9 Å². The molecule has 0 aliphatic carbocycles. The minimum Gasteiger partial charge on any atom is -0.394 e. The second-order valence-electron chi connectivity index (χ2n) is 4.48. The molecule has 7 heteroatoms. The molecule has 2 N–H and O–H groups in total. The zero-order valence-corrected chi connectivity index (χ0v) is 12.9. The molecule has 0 radical (unpaired) electrons. The van der Waals surface area contributed by atoms with Crippen LogP contribution in [-0.4, -0.2) is 21.6 Å². The highest BCUT2D eigenvalue weighted by Crippen LogP contribution is 2.32. The maximum absolute atomic E-state index is 10.9. The SMILES string of the molecule is Cc1c([N+](=O)[O-])cnc(NC(CO)c2ccccc2)c1Br. The van der Waals surface area contributed by atoms with Gasteiger partial charge in [0.05, 0.1) is 22.0 Å². The van der Waals surface area contributed by atoms with Gasteiger partial charge < -0.3 is 10.4 Å². The number of aromatic nitrogens is 1. The van der Waals surface area contributed by atoms with Gasteiger partial charge in [0.25, 0.3) is 5.69 Å². The van der Waals surface area contributed by atoms with Crippen molar-refractivity contribution in [2.45, 2.75) is 13.0 Å². The molecule has 1 aromatic heterocycles. The van der Waals surface area contributed by atoms with Crippen molar-refractivity contribution >= 4 is 27.4 Å². The van der Waals surface area contributed by atoms with Crippen LogP contribution in [0.15, 0.2) is 41.0 Å². The lowest BCUT2D eigenvalue weighted by molar-refractivity contribution is -0.385. The van der Waals surface area contributed by atoms with Gasteiger partial charge in [-0.15, -0.1) is 0 Å². The normalized spacial score (nSPS) is 12.0. The largest absolute Gasteiger partial charge is 0.394 e. The minimum absolute atomic E-state index is 0.0484. The van der Waals surface area contributed by atoms with E-state index in [-0.39, 0.29) is 18.3 Å². The van der Waals surface area contributed by atoms with Crippen molar-refractivity contribution in [3.05, 3.63) is 62.2 Å². The van der Waals surface area contributed by atoms with Gasteiger partial charge >= 0.3 is 0 Å². The first-order chi connectivity index (χ1) is 10.0. The quantitative estimate of drug-likeness (QED) is 0.637. The van der Waals surface area contributed by atoms with Gasteiger partial charge in [-0.2, -0.15) is 0 Å². The van der Waals surface area contributed by atoms with Crippen molar-refractivity contribution < 1.29 is 10.0 Å². The standard InChI is InChI=1S/C14H14BrN3O3/c1-9-12(18(20)21)7-16-14(13(9)15)17-11(8-19)10-5-3-2-4-6-10/h2-7,11,19H,8H2,1H3,(H,16,17). The fourth-order valence-electron chi connectivity index (χ4n) is 1.94. The summed E-state index contributed by atoms with van der Waals surface area (Å²) in [4.78, 5) is 14.5. The maximum Gasteiger partial charge on any atom is 0.291 e. The molecule has 110 valence electrons. The number of anilines is 1. The van der Waals surface area contributed by atoms with Gasteiger partial charge in [-0.05, 0) is 28.4 Å². The molecular weight excluding hydrogens is 338 g/mol. The van der Waals surface area contributed by atoms with E-state index in [0.717, 1.165) is 5.56 Å². The zero-order chi connectivity index (χ0) is 15.4. The number of rotatable bonds is 5. The molecule has 1 atom stereocenters. The van der Waals surface area contributed by atoms with E-state index in [9.17, 15) is 15.2 Å². The number of nitrogens with zero attached hydrogens (tertiary/aromatic N) is 2. The number of benzene rings is 1. The second kappa shape index (κ2) is 6.64. The van der Waals surface area contributed by atoms with Gasteiger partial charge in [-0.25, -0.2) is 4.98 Å². The predicted molar refractivity (Wildman–Crippen MR) is 83.2 cm³/mol. The van der Waals surface area contributed by atoms with Crippen LogP contribution in [0.2, 0.25) is 0 Å². The Balaban J connectivity index is 2.31. The second-order valence-corrected chi connectivity index (χ2v) is 5.27. The number of halogens is 1. The molecule has 21 heavy (non-hydrogen) atoms. The number of nitrogens with one attached hydrogen (secondary N) is 1. The molecular formula is C14H14BrN3O3. The number of aliphatic hydroxyl groups is 1. The first kappa shape index (κ1) is 15.4. The fourth-order valence-corrected chi connectivity index (χ4v) is 2.36. The average molecular weight is 352 g/mol. The van der Waals surface area contributed by atoms with Gasteiger partial charge in [0.15, 0.2) is 0 Å². The van der Waals surface area contributed by atoms with E-state index < -0.39 is 4.92 Å². The smallest absolute Gasteiger partial charge is 0.291 e. The summed E-state index contributed by atoms with van der Waals surface area (Å²) in [6.45, 7) is 1.53. The van der Waals surface area contributed by atoms with E-state index >= 15 is 0 Å². The van der Waals surface area contributed by atoms with E-state index in [2.05, 4.69) is 26.2 Å². The van der Waals surface area contributed by atoms with Crippen LogP contribution in [0.3, 0.4) is 0 Å². The Bertz CT molecular complexity index is 649. The third-order valence-electron chi connectivity index (χ3n) is 3.13. The van der Waals surface area contributed by atoms with Gasteiger partial charge in [-0.3, -0.25) is 10.1 Å². The fraction of sp³-hybridized carbons (Fsp3) is 0.214. The minimum atomic E-state index is -0.475. The highest BCUT2D eigenvalue weighted by atomic mass is 79.9. The van der Waals surface area contributed by atoms with E-state index in [1.165, 1.54) is 6.20 Å². The van der Waals surface area contributed by atoms with Crippen molar-refractivity contribution in [2.75, 3.05) is 11.9 Å². The highest BCUT2D eigenvalue weighted by Gasteiger charge is 2.19. The molecule has 1 heterocycles. The molecule has 6 nitrogen and oxygen atoms in total. The Morgan fingerprint density at radius 3 is 2.67 bits per heavy atom. The Morgan fingerprint density at radius 2 is 2.10 bits per heavy atom. The molecule has 2 aromatic rings. The van der Waals surface area contributed by atoms with Gasteiger partial charge in [0, 0.05) is 5.56 Å². The summed E-state index contributed by atoms with van der Waals surface area (Å²) < 4.78 is 0.520. The molecule has 0 aliphatic rings. The van der Waals surface area contributed by atoms with E-state index in [1.807, 2.05) is 30.3 Å². The monoisotopic (exact) mass is 351 g/mol. The first-order valence-corrected chi connectivity index (χ1v) is 7.05. The van der Waals surface area contributed by atoms with Crippen molar-refractivity contribution in [1.82, 2.24) is 4.98 Å². The van der Waals surface area contributed by atoms with Crippen LogP contribution < -0.4 is 5.32 Å². The van der Waals surface area contributed by atoms with Crippen LogP contribution in [0, 0.1) is 17.0 Å². The van der Waals surface area contributed by atoms with Gasteiger partial charge in [0.2, 0.25) is 0 Å². The lowest BCUT2D eigenvalue weighted by atomic mass is 10.1. The number of pyridine rings is 1. The average Bonchev–Trinajstić information content (AvgIpc) is 2.49. The Hall–Kier alpha value is -1.99. The molecule has 0 saturated heterocycles. The summed E-state index contributed by atoms with van der Waals surface area (Å²) in [5, 5.41) is 23.5. The Morgan fingerprint density at radius 1 is 1.43 bits per heavy atom. The molecule has 2 rings (SSSR count). The van der Waals surface area contributed by atoms with E-state index in [0.29, 0.717) is 15.9 Å². The van der Waals surface area contributed by atoms with Crippen LogP contribution in [-0.2, 0) is 0 Å². The third kappa shape index (κ3) is 3.37. The molecule has 1 aromatic carbocycles. The van der Waals surface area contributed by atoms with Crippen LogP contribution in [0.4, 0.5) is 11.5 Å². The number of aliphatic hydroxyl groups excluding tert-OH is 1. The third-order valence-corrected chi connectivity index (χ3v) is 4.10. The van der Waals surface area contributed by atoms with Crippen LogP contribution in [0.5, 0.6) is 0 Å². The molecule has 0 saturated carbocycles. The zero-order valence-electron chi connectivity index (χ0n) is 11.3. The van der Waals surface area contributed by atoms with Crippen LogP contribution in [0.25, 0.3) is 0 Å². The van der Waals surface area contributed by atoms with E-state index in [4.69, 9.17) is 0 Å². The van der Waals surface area contributed by atoms with Crippen molar-refractivity contribution in [3.8, 4) is 0 Å². The van der Waals surface area contributed by atoms with Crippen molar-refractivity contribution in [2.24, 2.45) is 0 Å². The molecule has 0 bridgehead atoms. The molecule has 1 unspecified atom stereocenters. The predicted octanol–water partition coefficient (Wildman–Crippen LogP) is 3.21. The van der Waals surface area contributed by atoms with Crippen molar-refractivity contribution in [3.63, 3.8) is 0 Å². The number of hydrogen-bond donors (Lipinski definition) is 2. The van der Waals surface area contributed by atoms with Crippen molar-refractivity contribution in [1.29, 1.82) is 0 Å². The topological polar surface area (TPSA) is 88.3 Å². The summed E-state index contributed by atoms with van der Waals surface area (Å²) in [6.07, 6.45) is 1.21. The summed E-state index contributed by atoms with van der Waals surface area (Å²) in [6, 6.07) is 9.09. The van der Waals surface area contributed by atoms with Crippen LogP contribution in [0.1, 0.15) is 17.2 Å². The number of hydrogen-bond acceptors (Lipinski definition) is 5. The Labute approximate surface area is 130 Å². The number of nitro groups is 1. The van der Waals surface area contributed by atoms with Gasteiger partial charge in [-0.1, -0.05) is 30.3 Å². The summed E-state index contributed by atoms with van der Waals surface area (Å²) in [5.41, 5.74) is 1.35. The maximum atomic E-state index is 10.9. The van der Waals surface area contributed by atoms with Gasteiger partial charge in [0.1, 0.15) is 12.0 Å². The summed E-state index contributed by atoms with van der Waals surface area (Å²) in [7, 11) is 0. The molecule has 0 spiro atoms. The lowest BCUT2D eigenvalue weighted by Gasteiger charge is -2.18. The summed E-state index contributed by atoms with van der Waals surface area (Å²) in [5.74, 6) is 0.459. The first-order valence-electron chi connectivity index (χ1n) is 6.26. The lowest BCUT2D eigenvalue weighted by Crippen LogP contribution is -2.16. The Kier molecular flexibility index (Phi) is 4.87. The summed E-state index contributed by atoms with van der Waals surface area (Å²) >= 11 is 3.32. The highest BCUT2D eigenvalue weighted by molar-refractivity contribution is 9.10. The molecule has 0 aliphatic heterocycles. The molecule has 0 amide bonds. The molecule has 0 fully saturated rings. The van der Waals surface area contributed by atoms with E-state index in [1.54, 1.807) is 6.92 Å².